The summed E-state index contributed by atoms with van der Waals surface area (Å²) in [4.78, 5) is 0. The molecule has 3 rings (SSSR count). The molecule has 1 aromatic rings. The minimum atomic E-state index is 0.231. The van der Waals surface area contributed by atoms with Crippen LogP contribution in [-0.4, -0.2) is 26.2 Å². The quantitative estimate of drug-likeness (QED) is 0.846. The minimum absolute atomic E-state index is 0.231. The van der Waals surface area contributed by atoms with E-state index in [1.807, 2.05) is 0 Å². The van der Waals surface area contributed by atoms with E-state index in [0.717, 1.165) is 19.0 Å². The van der Waals surface area contributed by atoms with E-state index in [9.17, 15) is 0 Å². The molecule has 0 unspecified atom stereocenters. The van der Waals surface area contributed by atoms with Gasteiger partial charge in [0.25, 0.3) is 0 Å². The van der Waals surface area contributed by atoms with Crippen LogP contribution in [0.5, 0.6) is 0 Å². The monoisotopic (exact) mass is 258 g/mol. The van der Waals surface area contributed by atoms with E-state index < -0.39 is 0 Å². The van der Waals surface area contributed by atoms with Gasteiger partial charge in [0, 0.05) is 31.6 Å². The molecule has 0 bridgehead atoms. The van der Waals surface area contributed by atoms with Gasteiger partial charge in [0.2, 0.25) is 0 Å². The first-order chi connectivity index (χ1) is 9.15. The maximum absolute atomic E-state index is 3.65. The highest BCUT2D eigenvalue weighted by atomic mass is 15.0. The van der Waals surface area contributed by atoms with E-state index in [1.165, 1.54) is 37.9 Å². The predicted octanol–water partition coefficient (Wildman–Crippen LogP) is 2.26. The van der Waals surface area contributed by atoms with Crippen LogP contribution in [-0.2, 0) is 18.3 Å². The van der Waals surface area contributed by atoms with Crippen LogP contribution in [0.4, 0.5) is 0 Å². The van der Waals surface area contributed by atoms with Crippen molar-refractivity contribution in [1.29, 1.82) is 0 Å². The number of fused-ring (bicyclic) bond motifs is 1. The van der Waals surface area contributed by atoms with Crippen molar-refractivity contribution in [3.05, 3.63) is 34.9 Å². The van der Waals surface area contributed by atoms with Crippen molar-refractivity contribution < 1.29 is 0 Å². The third kappa shape index (κ3) is 2.85. The van der Waals surface area contributed by atoms with Gasteiger partial charge in [-0.3, -0.25) is 0 Å². The highest BCUT2D eigenvalue weighted by Gasteiger charge is 2.23. The molecular weight excluding hydrogens is 232 g/mol. The molecule has 1 aliphatic carbocycles. The van der Waals surface area contributed by atoms with Crippen LogP contribution in [0, 0.1) is 5.92 Å². The highest BCUT2D eigenvalue weighted by molar-refractivity contribution is 5.38. The van der Waals surface area contributed by atoms with Crippen molar-refractivity contribution in [1.82, 2.24) is 10.6 Å². The Labute approximate surface area is 117 Å². The van der Waals surface area contributed by atoms with Gasteiger partial charge >= 0.3 is 0 Å². The lowest BCUT2D eigenvalue weighted by Gasteiger charge is -2.31. The molecule has 2 aliphatic rings. The van der Waals surface area contributed by atoms with Gasteiger partial charge in [-0.1, -0.05) is 32.0 Å². The second kappa shape index (κ2) is 5.26. The summed E-state index contributed by atoms with van der Waals surface area (Å²) in [6.45, 7) is 9.31. The van der Waals surface area contributed by atoms with Crippen molar-refractivity contribution >= 4 is 0 Å². The summed E-state index contributed by atoms with van der Waals surface area (Å²) in [5, 5.41) is 6.98. The van der Waals surface area contributed by atoms with Crippen molar-refractivity contribution in [2.75, 3.05) is 26.2 Å². The van der Waals surface area contributed by atoms with Crippen LogP contribution in [0.1, 0.15) is 37.0 Å². The Morgan fingerprint density at radius 3 is 2.74 bits per heavy atom. The molecule has 1 saturated heterocycles. The molecule has 1 fully saturated rings. The normalized spacial score (nSPS) is 19.3. The van der Waals surface area contributed by atoms with Crippen molar-refractivity contribution in [3.8, 4) is 0 Å². The van der Waals surface area contributed by atoms with E-state index in [4.69, 9.17) is 0 Å². The maximum Gasteiger partial charge on any atom is 0.00433 e. The molecule has 2 N–H and O–H groups in total. The molecule has 19 heavy (non-hydrogen) atoms. The van der Waals surface area contributed by atoms with Gasteiger partial charge in [0.1, 0.15) is 0 Å². The molecule has 0 radical (unpaired) electrons. The third-order valence-corrected chi connectivity index (χ3v) is 4.75. The lowest BCUT2D eigenvalue weighted by molar-refractivity contribution is 0.319. The Kier molecular flexibility index (Phi) is 3.64. The summed E-state index contributed by atoms with van der Waals surface area (Å²) in [5.74, 6) is 0.843. The van der Waals surface area contributed by atoms with Crippen LogP contribution in [0.3, 0.4) is 0 Å². The summed E-state index contributed by atoms with van der Waals surface area (Å²) in [5.41, 5.74) is 4.89. The van der Waals surface area contributed by atoms with E-state index >= 15 is 0 Å². The second-order valence-corrected chi connectivity index (χ2v) is 6.88. The molecule has 1 heterocycles. The fourth-order valence-electron chi connectivity index (χ4n) is 3.18. The number of hydrogen-bond donors (Lipinski definition) is 2. The second-order valence-electron chi connectivity index (χ2n) is 6.88. The molecule has 0 saturated carbocycles. The standard InChI is InChI=1S/C17H26N2/c1-17(2,12-19-11-13-9-18-10-13)16-7-6-14-4-3-5-15(14)8-16/h6-8,13,18-19H,3-5,9-12H2,1-2H3. The maximum atomic E-state index is 3.65. The summed E-state index contributed by atoms with van der Waals surface area (Å²) >= 11 is 0. The number of rotatable bonds is 5. The van der Waals surface area contributed by atoms with Gasteiger partial charge in [-0.25, -0.2) is 0 Å². The number of benzene rings is 1. The van der Waals surface area contributed by atoms with Gasteiger partial charge < -0.3 is 10.6 Å². The van der Waals surface area contributed by atoms with E-state index in [1.54, 1.807) is 11.1 Å². The predicted molar refractivity (Wildman–Crippen MR) is 80.7 cm³/mol. The summed E-state index contributed by atoms with van der Waals surface area (Å²) in [6.07, 6.45) is 3.90. The Hall–Kier alpha value is -0.860. The molecule has 0 spiro atoms. The Morgan fingerprint density at radius 2 is 2.00 bits per heavy atom. The van der Waals surface area contributed by atoms with Gasteiger partial charge in [-0.2, -0.15) is 0 Å². The summed E-state index contributed by atoms with van der Waals surface area (Å²) in [7, 11) is 0. The van der Waals surface area contributed by atoms with Gasteiger partial charge in [-0.05, 0) is 41.9 Å². The SMILES string of the molecule is CC(C)(CNCC1CNC1)c1ccc2c(c1)CCC2. The lowest BCUT2D eigenvalue weighted by atomic mass is 9.83. The first-order valence-corrected chi connectivity index (χ1v) is 7.69. The van der Waals surface area contributed by atoms with E-state index in [0.29, 0.717) is 0 Å². The van der Waals surface area contributed by atoms with Gasteiger partial charge in [-0.15, -0.1) is 0 Å². The minimum Gasteiger partial charge on any atom is -0.316 e. The van der Waals surface area contributed by atoms with Crippen molar-refractivity contribution in [2.45, 2.75) is 38.5 Å². The van der Waals surface area contributed by atoms with Crippen molar-refractivity contribution in [2.24, 2.45) is 5.92 Å². The first-order valence-electron chi connectivity index (χ1n) is 7.69. The number of nitrogens with one attached hydrogen (secondary N) is 2. The average Bonchev–Trinajstić information content (AvgIpc) is 2.79. The van der Waals surface area contributed by atoms with E-state index in [2.05, 4.69) is 42.7 Å². The van der Waals surface area contributed by atoms with Crippen LogP contribution in [0.2, 0.25) is 0 Å². The van der Waals surface area contributed by atoms with Crippen LogP contribution < -0.4 is 10.6 Å². The van der Waals surface area contributed by atoms with Gasteiger partial charge in [0.15, 0.2) is 0 Å². The Balaban J connectivity index is 1.61. The van der Waals surface area contributed by atoms with Crippen molar-refractivity contribution in [3.63, 3.8) is 0 Å². The largest absolute Gasteiger partial charge is 0.316 e. The van der Waals surface area contributed by atoms with Gasteiger partial charge in [0.05, 0.1) is 0 Å². The Morgan fingerprint density at radius 1 is 1.21 bits per heavy atom. The lowest BCUT2D eigenvalue weighted by Crippen LogP contribution is -2.48. The molecule has 0 atom stereocenters. The number of aryl methyl sites for hydroxylation is 2. The molecule has 0 amide bonds. The average molecular weight is 258 g/mol. The fourth-order valence-corrected chi connectivity index (χ4v) is 3.18. The molecule has 1 aromatic carbocycles. The van der Waals surface area contributed by atoms with Crippen LogP contribution in [0.25, 0.3) is 0 Å². The van der Waals surface area contributed by atoms with Crippen LogP contribution in [0.15, 0.2) is 18.2 Å². The fraction of sp³-hybridized carbons (Fsp3) is 0.647. The summed E-state index contributed by atoms with van der Waals surface area (Å²) in [6, 6.07) is 7.15. The molecule has 0 aromatic heterocycles. The smallest absolute Gasteiger partial charge is 0.00433 e. The zero-order chi connectivity index (χ0) is 13.3. The number of hydrogen-bond acceptors (Lipinski definition) is 2. The topological polar surface area (TPSA) is 24.1 Å². The third-order valence-electron chi connectivity index (χ3n) is 4.75. The zero-order valence-corrected chi connectivity index (χ0v) is 12.3. The summed E-state index contributed by atoms with van der Waals surface area (Å²) < 4.78 is 0. The van der Waals surface area contributed by atoms with Crippen LogP contribution >= 0.6 is 0 Å². The first kappa shape index (κ1) is 13.1. The molecule has 2 nitrogen and oxygen atoms in total. The molecular formula is C17H26N2. The van der Waals surface area contributed by atoms with E-state index in [-0.39, 0.29) is 5.41 Å². The molecule has 104 valence electrons. The molecule has 2 heteroatoms. The Bertz CT molecular complexity index is 447. The molecule has 1 aliphatic heterocycles. The zero-order valence-electron chi connectivity index (χ0n) is 12.3. The highest BCUT2D eigenvalue weighted by Crippen LogP contribution is 2.29.